The molecule has 0 aliphatic heterocycles. The Morgan fingerprint density at radius 2 is 0.806 bits per heavy atom. The van der Waals surface area contributed by atoms with Crippen LogP contribution in [0.4, 0.5) is 21.9 Å². The fourth-order valence-electron chi connectivity index (χ4n) is 13.7. The minimum absolute atomic E-state index is 0. The number of aliphatic hydroxyl groups excluding tert-OH is 1. The SMILES string of the molecule is Brc1ccc2c(c1)C=CC2.C.C.C.C.C.CC(=O)NNC(=O)n1ccc2cc(Br)ccc21.Cc1nnc(-n2ccc3cc(Br)ccc32)o1.Cc1nnc(-n2ccc3cc(N(CCO)C(=O)c4c(Cl)cccc4Cl)ccc32)o1.Cc1nnc(-n2ccc3cc(N(CCO[Si](C)(C)C(C)(C)C)C(=O)c4c(Cl)cccc4Cl)ccc32)o1.Cc1nnc(-n2ccc3cc(NCCO[Si](C)(C)C(C)(C)C)ccc32)o1. The molecule has 17 aromatic rings. The predicted octanol–water partition coefficient (Wildman–Crippen LogP) is 27.6. The van der Waals surface area contributed by atoms with Crippen LogP contribution in [-0.2, 0) is 20.1 Å². The molecule has 38 heteroatoms. The predicted molar refractivity (Wildman–Crippen MR) is 577 cm³/mol. The van der Waals surface area contributed by atoms with Crippen molar-refractivity contribution in [1.82, 2.24) is 74.5 Å². The van der Waals surface area contributed by atoms with Crippen molar-refractivity contribution in [3.63, 3.8) is 0 Å². The quantitative estimate of drug-likeness (QED) is 0.0332. The van der Waals surface area contributed by atoms with Gasteiger partial charge in [-0.15, -0.1) is 20.4 Å². The maximum atomic E-state index is 13.8. The van der Waals surface area contributed by atoms with E-state index < -0.39 is 22.7 Å². The summed E-state index contributed by atoms with van der Waals surface area (Å²) in [6, 6.07) is 56.5. The van der Waals surface area contributed by atoms with E-state index in [1.54, 1.807) is 85.8 Å². The molecule has 139 heavy (non-hydrogen) atoms. The second kappa shape index (κ2) is 49.0. The lowest BCUT2D eigenvalue weighted by Gasteiger charge is -2.37. The van der Waals surface area contributed by atoms with Crippen molar-refractivity contribution in [3.05, 3.63) is 292 Å². The molecule has 9 aromatic heterocycles. The van der Waals surface area contributed by atoms with Crippen LogP contribution >= 0.6 is 94.2 Å². The van der Waals surface area contributed by atoms with Crippen LogP contribution in [0, 0.1) is 27.7 Å². The first-order valence-electron chi connectivity index (χ1n) is 42.5. The van der Waals surface area contributed by atoms with Gasteiger partial charge < -0.3 is 46.7 Å². The van der Waals surface area contributed by atoms with Crippen molar-refractivity contribution in [2.75, 3.05) is 54.6 Å². The van der Waals surface area contributed by atoms with Crippen LogP contribution in [0.5, 0.6) is 0 Å². The van der Waals surface area contributed by atoms with Crippen LogP contribution in [-0.4, -0.2) is 149 Å². The van der Waals surface area contributed by atoms with Crippen molar-refractivity contribution in [2.24, 2.45) is 0 Å². The van der Waals surface area contributed by atoms with E-state index in [0.717, 1.165) is 93.2 Å². The number of nitrogens with zero attached hydrogens (tertiary/aromatic N) is 15. The van der Waals surface area contributed by atoms with Crippen LogP contribution in [0.1, 0.15) is 141 Å². The number of nitrogens with one attached hydrogen (secondary N) is 3. The third-order valence-corrected chi connectivity index (χ3v) is 34.4. The van der Waals surface area contributed by atoms with Crippen molar-refractivity contribution in [2.45, 2.75) is 156 Å². The van der Waals surface area contributed by atoms with Gasteiger partial charge in [0.2, 0.25) is 29.5 Å². The average Bonchev–Trinajstić information content (AvgIpc) is 1.72. The highest BCUT2D eigenvalue weighted by Gasteiger charge is 2.39. The summed E-state index contributed by atoms with van der Waals surface area (Å²) in [6.45, 7) is 32.8. The molecule has 4 amide bonds. The van der Waals surface area contributed by atoms with E-state index in [0.29, 0.717) is 82.2 Å². The number of anilines is 3. The lowest BCUT2D eigenvalue weighted by molar-refractivity contribution is -0.119. The Morgan fingerprint density at radius 1 is 0.446 bits per heavy atom. The Morgan fingerprint density at radius 3 is 1.21 bits per heavy atom. The first-order valence-corrected chi connectivity index (χ1v) is 52.2. The van der Waals surface area contributed by atoms with Gasteiger partial charge in [0.1, 0.15) is 0 Å². The van der Waals surface area contributed by atoms with E-state index in [2.05, 4.69) is 227 Å². The van der Waals surface area contributed by atoms with E-state index in [9.17, 15) is 24.3 Å². The van der Waals surface area contributed by atoms with Gasteiger partial charge in [0.25, 0.3) is 11.8 Å². The number of allylic oxidation sites excluding steroid dienone is 1. The molecule has 8 aromatic carbocycles. The summed E-state index contributed by atoms with van der Waals surface area (Å²) >= 11 is 35.5. The second-order valence-electron chi connectivity index (χ2n) is 34.0. The molecule has 0 spiro atoms. The van der Waals surface area contributed by atoms with Gasteiger partial charge in [-0.2, -0.15) is 0 Å². The molecule has 0 saturated carbocycles. The molecule has 0 atom stereocenters. The summed E-state index contributed by atoms with van der Waals surface area (Å²) in [4.78, 5) is 52.5. The van der Waals surface area contributed by atoms with Gasteiger partial charge in [-0.1, -0.05) is 224 Å². The summed E-state index contributed by atoms with van der Waals surface area (Å²) in [5, 5.41) is 51.0. The third-order valence-electron chi connectivity index (χ3n) is 22.6. The average molecular weight is 2200 g/mol. The Kier molecular flexibility index (Phi) is 39.7. The molecule has 1 aliphatic carbocycles. The minimum Gasteiger partial charge on any atom is -0.415 e. The fraction of sp³-hybridized carbons (Fsp3) is 0.287. The van der Waals surface area contributed by atoms with Gasteiger partial charge in [-0.3, -0.25) is 42.6 Å². The molecule has 736 valence electrons. The van der Waals surface area contributed by atoms with Crippen molar-refractivity contribution < 1.29 is 50.8 Å². The van der Waals surface area contributed by atoms with E-state index in [-0.39, 0.29) is 99.3 Å². The number of rotatable bonds is 19. The van der Waals surface area contributed by atoms with Crippen LogP contribution < -0.4 is 26.0 Å². The summed E-state index contributed by atoms with van der Waals surface area (Å²) in [5.41, 5.74) is 14.8. The second-order valence-corrected chi connectivity index (χ2v) is 48.0. The summed E-state index contributed by atoms with van der Waals surface area (Å²) < 4.78 is 46.5. The molecule has 0 bridgehead atoms. The zero-order chi connectivity index (χ0) is 96.3. The minimum atomic E-state index is -2.00. The number of hydrazine groups is 1. The van der Waals surface area contributed by atoms with Gasteiger partial charge in [-0.05, 0) is 212 Å². The van der Waals surface area contributed by atoms with Crippen LogP contribution in [0.15, 0.2) is 244 Å². The lowest BCUT2D eigenvalue weighted by Crippen LogP contribution is -2.43. The van der Waals surface area contributed by atoms with Crippen molar-refractivity contribution in [3.8, 4) is 24.1 Å². The number of aromatic nitrogens is 13. The highest BCUT2D eigenvalue weighted by molar-refractivity contribution is 9.11. The summed E-state index contributed by atoms with van der Waals surface area (Å²) in [5.74, 6) is 1.08. The number of aliphatic hydroxyl groups is 1. The van der Waals surface area contributed by atoms with Crippen LogP contribution in [0.3, 0.4) is 0 Å². The highest BCUT2D eigenvalue weighted by Crippen LogP contribution is 2.40. The van der Waals surface area contributed by atoms with Gasteiger partial charge >= 0.3 is 30.1 Å². The van der Waals surface area contributed by atoms with Crippen molar-refractivity contribution >= 4 is 212 Å². The monoisotopic (exact) mass is 2190 g/mol. The molecule has 9 heterocycles. The molecule has 0 saturated heterocycles. The maximum Gasteiger partial charge on any atom is 0.344 e. The van der Waals surface area contributed by atoms with Crippen LogP contribution in [0.25, 0.3) is 84.6 Å². The van der Waals surface area contributed by atoms with Gasteiger partial charge in [0.05, 0.1) is 78.6 Å². The molecule has 0 fully saturated rings. The fourth-order valence-corrected chi connectivity index (χ4v) is 18.0. The standard InChI is InChI=1S/C26H30Cl2N4O3Si.C20H16Cl2N4O3.C19H28N4O2Si.C11H10BrN3O2.C11H8BrN3O.C9H7Br.5CH4/c1-17-29-30-25(35-17)32-13-12-18-16-19(10-11-22(18)32)31(14-15-34-36(5,6)26(2,3)4)24(33)23-20(27)8-7-9-21(23)28;1-12-23-24-20(29-12)26-8-7-13-11-14(5-6-17(13)26)25(9-10-27)19(28)18-15(21)3-2-4-16(18)22;1-14-21-22-18(25-14)23-11-9-15-13-16(7-8-17(15)23)20-10-12-24-26(5,6)19(2,3)4;1-7(16)13-14-11(17)15-5-4-8-6-9(12)2-3-10(8)15;1-7-13-14-11(16-7)15-5-4-8-6-9(12)2-3-10(8)15;10-9-5-4-7-2-1-3-8(7)6-9;;;;;/h7-13,16H,14-15H2,1-6H3;2-8,11,27H,9-10H2,1H3;7-9,11,13,20H,10,12H2,1-6H3;2-6H,1H3,(H,13,16)(H,14,17);2-6H,1H3;1,3-6H,2H2;5*1H4. The van der Waals surface area contributed by atoms with Gasteiger partial charge in [0, 0.05) is 143 Å². The largest absolute Gasteiger partial charge is 0.415 e. The van der Waals surface area contributed by atoms with E-state index in [4.69, 9.17) is 72.9 Å². The molecule has 18 rings (SSSR count). The molecule has 1 aliphatic rings. The van der Waals surface area contributed by atoms with Gasteiger partial charge in [0.15, 0.2) is 16.6 Å². The first-order chi connectivity index (χ1) is 63.7. The maximum absolute atomic E-state index is 13.8. The number of fused-ring (bicyclic) bond motifs is 6. The number of amides is 4. The topological polar surface area (TPSA) is 330 Å². The summed E-state index contributed by atoms with van der Waals surface area (Å²) in [7, 11) is -3.69. The zero-order valence-electron chi connectivity index (χ0n) is 76.1. The Bertz CT molecular complexity index is 7080. The number of aryl methyl sites for hydroxylation is 4. The van der Waals surface area contributed by atoms with Crippen molar-refractivity contribution in [1.29, 1.82) is 0 Å². The summed E-state index contributed by atoms with van der Waals surface area (Å²) in [6.07, 6.45) is 14.6. The molecular formula is C101H119Br3Cl4N18O11Si2. The Labute approximate surface area is 857 Å². The number of carbonyl (C=O) groups excluding carboxylic acids is 4. The zero-order valence-corrected chi connectivity index (χ0v) is 85.9. The van der Waals surface area contributed by atoms with E-state index in [1.165, 1.54) is 27.5 Å². The number of carbonyl (C=O) groups is 4. The number of halogens is 7. The lowest BCUT2D eigenvalue weighted by atomic mass is 10.1. The molecule has 4 N–H and O–H groups in total. The third kappa shape index (κ3) is 27.5. The molecule has 0 unspecified atom stereocenters. The van der Waals surface area contributed by atoms with Gasteiger partial charge in [-0.25, -0.2) is 10.2 Å². The highest BCUT2D eigenvalue weighted by atomic mass is 79.9. The molecule has 29 nitrogen and oxygen atoms in total. The smallest absolute Gasteiger partial charge is 0.344 e. The first kappa shape index (κ1) is 113. The normalized spacial score (nSPS) is 11.4. The number of benzene rings is 8. The molecular weight excluding hydrogens is 2080 g/mol. The van der Waals surface area contributed by atoms with E-state index in [1.807, 2.05) is 129 Å². The Hall–Kier alpha value is -11.6. The number of hydrogen-bond donors (Lipinski definition) is 4. The number of hydrogen-bond acceptors (Lipinski definition) is 20. The Balaban J connectivity index is 0.000000210. The molecule has 0 radical (unpaired) electrons. The van der Waals surface area contributed by atoms with Crippen LogP contribution in [0.2, 0.25) is 56.4 Å². The van der Waals surface area contributed by atoms with E-state index >= 15 is 0 Å².